The second-order valence-corrected chi connectivity index (χ2v) is 7.37. The molecule has 0 spiro atoms. The van der Waals surface area contributed by atoms with Crippen LogP contribution in [0.1, 0.15) is 43.2 Å². The summed E-state index contributed by atoms with van der Waals surface area (Å²) < 4.78 is 41.2. The van der Waals surface area contributed by atoms with Crippen molar-refractivity contribution in [2.45, 2.75) is 51.0 Å². The summed E-state index contributed by atoms with van der Waals surface area (Å²) in [6.07, 6.45) is -4.61. The number of nitrogens with zero attached hydrogens (tertiary/aromatic N) is 3. The van der Waals surface area contributed by atoms with Crippen molar-refractivity contribution in [3.8, 4) is 6.07 Å². The van der Waals surface area contributed by atoms with Gasteiger partial charge in [-0.25, -0.2) is 4.98 Å². The summed E-state index contributed by atoms with van der Waals surface area (Å²) >= 11 is 0.806. The van der Waals surface area contributed by atoms with Crippen LogP contribution < -0.4 is 5.32 Å². The van der Waals surface area contributed by atoms with Gasteiger partial charge in [0.15, 0.2) is 0 Å². The Morgan fingerprint density at radius 1 is 1.41 bits per heavy atom. The molecule has 0 unspecified atom stereocenters. The molecule has 1 N–H and O–H groups in total. The van der Waals surface area contributed by atoms with Crippen molar-refractivity contribution in [1.29, 1.82) is 5.26 Å². The predicted octanol–water partition coefficient (Wildman–Crippen LogP) is 2.49. The van der Waals surface area contributed by atoms with E-state index in [4.69, 9.17) is 0 Å². The van der Waals surface area contributed by atoms with Crippen LogP contribution in [0.5, 0.6) is 0 Å². The molecule has 0 aliphatic carbocycles. The van der Waals surface area contributed by atoms with E-state index in [1.165, 1.54) is 11.8 Å². The van der Waals surface area contributed by atoms with Crippen LogP contribution in [0.4, 0.5) is 13.2 Å². The van der Waals surface area contributed by atoms with Gasteiger partial charge in [0.05, 0.1) is 16.9 Å². The Kier molecular flexibility index (Phi) is 6.36. The fraction of sp³-hybridized carbons (Fsp3) is 0.529. The first-order chi connectivity index (χ1) is 12.5. The molecule has 146 valence electrons. The lowest BCUT2D eigenvalue weighted by molar-refractivity contribution is -0.140. The lowest BCUT2D eigenvalue weighted by Crippen LogP contribution is -2.36. The van der Waals surface area contributed by atoms with Gasteiger partial charge in [-0.2, -0.15) is 18.4 Å². The lowest BCUT2D eigenvalue weighted by atomic mass is 9.96. The van der Waals surface area contributed by atoms with Crippen molar-refractivity contribution < 1.29 is 22.8 Å². The number of pyridine rings is 1. The third-order valence-corrected chi connectivity index (χ3v) is 4.92. The van der Waals surface area contributed by atoms with Crippen LogP contribution in [0.15, 0.2) is 5.03 Å². The fourth-order valence-corrected chi connectivity index (χ4v) is 3.64. The van der Waals surface area contributed by atoms with Gasteiger partial charge in [0.2, 0.25) is 11.8 Å². The zero-order valence-corrected chi connectivity index (χ0v) is 15.9. The van der Waals surface area contributed by atoms with Crippen LogP contribution in [0.3, 0.4) is 0 Å². The van der Waals surface area contributed by atoms with Gasteiger partial charge in [-0.1, -0.05) is 11.8 Å². The van der Waals surface area contributed by atoms with Crippen LogP contribution in [-0.4, -0.2) is 40.0 Å². The smallest absolute Gasteiger partial charge is 0.353 e. The maximum Gasteiger partial charge on any atom is 0.418 e. The maximum atomic E-state index is 13.7. The lowest BCUT2D eigenvalue weighted by Gasteiger charge is -2.30. The summed E-state index contributed by atoms with van der Waals surface area (Å²) in [4.78, 5) is 28.9. The largest absolute Gasteiger partial charge is 0.418 e. The molecule has 0 saturated carbocycles. The van der Waals surface area contributed by atoms with Gasteiger partial charge in [-0.05, 0) is 13.8 Å². The highest BCUT2D eigenvalue weighted by atomic mass is 32.2. The van der Waals surface area contributed by atoms with Crippen molar-refractivity contribution in [3.05, 3.63) is 22.4 Å². The molecule has 2 amide bonds. The van der Waals surface area contributed by atoms with Gasteiger partial charge in [0, 0.05) is 43.7 Å². The molecule has 0 saturated heterocycles. The Bertz CT molecular complexity index is 803. The Labute approximate surface area is 159 Å². The van der Waals surface area contributed by atoms with Crippen molar-refractivity contribution in [2.24, 2.45) is 0 Å². The molecular formula is C17H19F3N4O2S. The summed E-state index contributed by atoms with van der Waals surface area (Å²) in [5.74, 6) is -0.832. The number of thioether (sulfide) groups is 1. The second kappa shape index (κ2) is 8.17. The van der Waals surface area contributed by atoms with Gasteiger partial charge < -0.3 is 10.2 Å². The van der Waals surface area contributed by atoms with Crippen LogP contribution in [0, 0.1) is 11.3 Å². The number of aromatic nitrogens is 1. The average molecular weight is 400 g/mol. The summed E-state index contributed by atoms with van der Waals surface area (Å²) in [5.41, 5.74) is -1.59. The zero-order chi connectivity index (χ0) is 20.4. The molecule has 10 heteroatoms. The Balaban J connectivity index is 2.47. The monoisotopic (exact) mass is 400 g/mol. The molecular weight excluding hydrogens is 381 g/mol. The van der Waals surface area contributed by atoms with Gasteiger partial charge >= 0.3 is 6.18 Å². The van der Waals surface area contributed by atoms with Crippen LogP contribution >= 0.6 is 11.8 Å². The number of hydrogen-bond acceptors (Lipinski definition) is 5. The van der Waals surface area contributed by atoms with E-state index in [2.05, 4.69) is 10.3 Å². The number of rotatable bonds is 4. The summed E-state index contributed by atoms with van der Waals surface area (Å²) in [7, 11) is 0. The fourth-order valence-electron chi connectivity index (χ4n) is 2.82. The van der Waals surface area contributed by atoms with E-state index in [-0.39, 0.29) is 59.4 Å². The molecule has 2 heterocycles. The number of hydrogen-bond donors (Lipinski definition) is 1. The number of halogens is 3. The summed E-state index contributed by atoms with van der Waals surface area (Å²) in [6, 6.07) is 1.49. The normalized spacial score (nSPS) is 13.9. The Morgan fingerprint density at radius 2 is 2.07 bits per heavy atom. The SMILES string of the molecule is CC(=O)N1CCc2nc(SCC(=O)NC(C)C)c(C#N)c(C(F)(F)F)c2C1. The van der Waals surface area contributed by atoms with E-state index in [1.807, 2.05) is 0 Å². The number of nitriles is 1. The quantitative estimate of drug-likeness (QED) is 0.785. The third kappa shape index (κ3) is 4.91. The van der Waals surface area contributed by atoms with E-state index in [9.17, 15) is 28.0 Å². The molecule has 0 atom stereocenters. The minimum atomic E-state index is -4.77. The molecule has 0 fully saturated rings. The molecule has 1 aromatic heterocycles. The third-order valence-electron chi connectivity index (χ3n) is 3.95. The number of amides is 2. The van der Waals surface area contributed by atoms with E-state index in [0.29, 0.717) is 0 Å². The second-order valence-electron chi connectivity index (χ2n) is 6.40. The molecule has 0 aromatic carbocycles. The first-order valence-corrected chi connectivity index (χ1v) is 9.23. The minimum Gasteiger partial charge on any atom is -0.353 e. The molecule has 1 aliphatic heterocycles. The molecule has 6 nitrogen and oxygen atoms in total. The zero-order valence-electron chi connectivity index (χ0n) is 15.1. The van der Waals surface area contributed by atoms with Crippen molar-refractivity contribution in [1.82, 2.24) is 15.2 Å². The van der Waals surface area contributed by atoms with Gasteiger partial charge in [0.25, 0.3) is 0 Å². The van der Waals surface area contributed by atoms with Crippen LogP contribution in [0.2, 0.25) is 0 Å². The number of fused-ring (bicyclic) bond motifs is 1. The van der Waals surface area contributed by atoms with E-state index < -0.39 is 17.3 Å². The molecule has 0 bridgehead atoms. The highest BCUT2D eigenvalue weighted by molar-refractivity contribution is 8.00. The van der Waals surface area contributed by atoms with Gasteiger partial charge in [-0.15, -0.1) is 0 Å². The average Bonchev–Trinajstić information content (AvgIpc) is 2.56. The van der Waals surface area contributed by atoms with Gasteiger partial charge in [0.1, 0.15) is 11.1 Å². The highest BCUT2D eigenvalue weighted by Crippen LogP contribution is 2.40. The highest BCUT2D eigenvalue weighted by Gasteiger charge is 2.41. The standard InChI is InChI=1S/C17H19F3N4O2S/c1-9(2)22-14(26)8-27-16-11(6-21)15(17(18,19)20)12-7-24(10(3)25)5-4-13(12)23-16/h9H,4-5,7-8H2,1-3H3,(H,22,26). The van der Waals surface area contributed by atoms with E-state index in [1.54, 1.807) is 19.9 Å². The topological polar surface area (TPSA) is 86.1 Å². The number of carbonyl (C=O) groups is 2. The first-order valence-electron chi connectivity index (χ1n) is 8.25. The van der Waals surface area contributed by atoms with E-state index >= 15 is 0 Å². The van der Waals surface area contributed by atoms with Gasteiger partial charge in [-0.3, -0.25) is 9.59 Å². The minimum absolute atomic E-state index is 0.103. The predicted molar refractivity (Wildman–Crippen MR) is 92.8 cm³/mol. The van der Waals surface area contributed by atoms with Crippen molar-refractivity contribution in [3.63, 3.8) is 0 Å². The van der Waals surface area contributed by atoms with Crippen molar-refractivity contribution in [2.75, 3.05) is 12.3 Å². The number of nitrogens with one attached hydrogen (secondary N) is 1. The first kappa shape index (κ1) is 21.0. The maximum absolute atomic E-state index is 13.7. The molecule has 27 heavy (non-hydrogen) atoms. The summed E-state index contributed by atoms with van der Waals surface area (Å²) in [6.45, 7) is 4.84. The molecule has 0 radical (unpaired) electrons. The number of carbonyl (C=O) groups excluding carboxylic acids is 2. The molecule has 1 aromatic rings. The van der Waals surface area contributed by atoms with Crippen molar-refractivity contribution >= 4 is 23.6 Å². The summed E-state index contributed by atoms with van der Waals surface area (Å²) in [5, 5.41) is 11.9. The van der Waals surface area contributed by atoms with E-state index in [0.717, 1.165) is 11.8 Å². The molecule has 1 aliphatic rings. The Morgan fingerprint density at radius 3 is 2.59 bits per heavy atom. The Hall–Kier alpha value is -2.28. The molecule has 2 rings (SSSR count). The van der Waals surface area contributed by atoms with Crippen LogP contribution in [0.25, 0.3) is 0 Å². The number of alkyl halides is 3. The van der Waals surface area contributed by atoms with Crippen LogP contribution in [-0.2, 0) is 28.7 Å².